The average molecular weight is 2060 g/mol. The van der Waals surface area contributed by atoms with E-state index < -0.39 is 0 Å². The molecule has 8 nitrogen and oxygen atoms in total. The van der Waals surface area contributed by atoms with Crippen molar-refractivity contribution in [2.75, 3.05) is 9.80 Å². The van der Waals surface area contributed by atoms with Gasteiger partial charge in [0, 0.05) is 69.1 Å². The summed E-state index contributed by atoms with van der Waals surface area (Å²) in [5.41, 5.74) is 40.0. The van der Waals surface area contributed by atoms with Crippen molar-refractivity contribution >= 4 is 77.7 Å². The topological polar surface area (TPSA) is 67.9 Å². The van der Waals surface area contributed by atoms with Gasteiger partial charge in [-0.2, -0.15) is 0 Å². The Hall–Kier alpha value is -15.3. The number of rotatable bonds is 18. The van der Waals surface area contributed by atoms with Crippen molar-refractivity contribution in [3.63, 3.8) is 0 Å². The zero-order chi connectivity index (χ0) is 87.7. The Kier molecular flexibility index (Phi) is 24.6. The number of anilines is 6. The van der Waals surface area contributed by atoms with E-state index in [1.807, 2.05) is 61.2 Å². The third kappa shape index (κ3) is 17.1. The summed E-state index contributed by atoms with van der Waals surface area (Å²) in [7, 11) is 0. The fourth-order valence-corrected chi connectivity index (χ4v) is 18.6. The van der Waals surface area contributed by atoms with Crippen LogP contribution in [-0.2, 0) is 42.1 Å². The number of pyridine rings is 4. The van der Waals surface area contributed by atoms with Crippen LogP contribution >= 0.6 is 0 Å². The molecule has 0 spiro atoms. The van der Waals surface area contributed by atoms with E-state index in [0.717, 1.165) is 168 Å². The van der Waals surface area contributed by atoms with E-state index in [2.05, 4.69) is 449 Å². The zero-order valence-electron chi connectivity index (χ0n) is 73.6. The molecule has 0 aliphatic rings. The van der Waals surface area contributed by atoms with E-state index in [9.17, 15) is 0 Å². The van der Waals surface area contributed by atoms with Crippen LogP contribution in [0.5, 0.6) is 0 Å². The summed E-state index contributed by atoms with van der Waals surface area (Å²) in [6, 6.07) is 157. The molecule has 22 aromatic rings. The summed E-state index contributed by atoms with van der Waals surface area (Å²) in [6.07, 6.45) is 7.64. The van der Waals surface area contributed by atoms with Crippen LogP contribution in [0, 0.1) is 65.8 Å². The second-order valence-corrected chi connectivity index (χ2v) is 33.3. The number of aromatic nitrogens is 6. The first kappa shape index (κ1) is 86.1. The minimum Gasteiger partial charge on any atom is -0.346 e. The van der Waals surface area contributed by atoms with Crippen LogP contribution < -0.4 is 9.80 Å². The van der Waals surface area contributed by atoms with Crippen LogP contribution in [0.1, 0.15) is 33.4 Å². The molecule has 0 unspecified atom stereocenters. The van der Waals surface area contributed by atoms with Gasteiger partial charge in [-0.1, -0.05) is 290 Å². The number of aryl methyl sites for hydroxylation is 6. The molecular formula is C122H88N8Pt2. The molecule has 0 bridgehead atoms. The van der Waals surface area contributed by atoms with E-state index in [1.54, 1.807) is 0 Å². The van der Waals surface area contributed by atoms with Gasteiger partial charge in [0.15, 0.2) is 0 Å². The first-order valence-corrected chi connectivity index (χ1v) is 44.1. The fraction of sp³-hybridized carbons (Fsp3) is 0.0492. The van der Waals surface area contributed by atoms with Crippen LogP contribution in [0.25, 0.3) is 167 Å². The standard InChI is InChI=1S/2C61H44N4.2Pt/c1-41-33-52(65-59-26-12-10-23-54(59)55-24-11-13-27-60(55)65)34-42(2)61(41)64(53-37-49(45-19-8-5-9-20-45)35-50(38-53)57-25-14-15-32-62-57)51-22-16-21-48(36-51)58-39-56(43(3)40-63-58)47-30-28-46(29-31-47)44-17-6-4-7-18-44;1-41-33-52(65-59-26-12-10-23-54(59)55-24-11-13-27-60(55)65)34-42(2)61(41)64(51-22-16-21-48(36-51)57-25-14-15-32-62-57)53-37-49(45-19-8-5-9-20-45)35-50(38-53)58-39-56(43(3)40-63-58)47-30-28-46(29-31-47)44-17-6-4-7-18-44;;/h2*4-35,37,39-40H,1-3H3;;/q2*-2;2*+2. The maximum atomic E-state index is 5.09. The van der Waals surface area contributed by atoms with Crippen molar-refractivity contribution in [2.45, 2.75) is 41.5 Å². The molecule has 0 aliphatic heterocycles. The molecule has 0 N–H and O–H groups in total. The number of nitrogens with zero attached hydrogens (tertiary/aromatic N) is 8. The predicted octanol–water partition coefficient (Wildman–Crippen LogP) is 31.8. The Morgan fingerprint density at radius 2 is 0.500 bits per heavy atom. The van der Waals surface area contributed by atoms with E-state index in [0.29, 0.717) is 0 Å². The predicted molar refractivity (Wildman–Crippen MR) is 540 cm³/mol. The normalized spacial score (nSPS) is 11.1. The summed E-state index contributed by atoms with van der Waals surface area (Å²) in [5, 5.41) is 4.95. The van der Waals surface area contributed by atoms with Gasteiger partial charge < -0.3 is 38.9 Å². The van der Waals surface area contributed by atoms with Gasteiger partial charge in [-0.3, -0.25) is 0 Å². The molecule has 0 saturated heterocycles. The van der Waals surface area contributed by atoms with Crippen molar-refractivity contribution in [3.8, 4) is 123 Å². The van der Waals surface area contributed by atoms with Gasteiger partial charge in [0.25, 0.3) is 0 Å². The number of para-hydroxylation sites is 4. The Labute approximate surface area is 799 Å². The summed E-state index contributed by atoms with van der Waals surface area (Å²) < 4.78 is 4.78. The maximum absolute atomic E-state index is 5.09. The minimum absolute atomic E-state index is 0. The largest absolute Gasteiger partial charge is 2.00 e. The van der Waals surface area contributed by atoms with E-state index >= 15 is 0 Å². The van der Waals surface area contributed by atoms with Crippen molar-refractivity contribution in [1.29, 1.82) is 0 Å². The fourth-order valence-electron chi connectivity index (χ4n) is 18.6. The van der Waals surface area contributed by atoms with Crippen LogP contribution in [0.3, 0.4) is 0 Å². The molecule has 0 aliphatic carbocycles. The van der Waals surface area contributed by atoms with Crippen molar-refractivity contribution in [2.24, 2.45) is 0 Å². The van der Waals surface area contributed by atoms with Gasteiger partial charge in [0.05, 0.1) is 22.1 Å². The average Bonchev–Trinajstić information content (AvgIpc) is 1.52. The first-order valence-electron chi connectivity index (χ1n) is 44.1. The van der Waals surface area contributed by atoms with Crippen molar-refractivity contribution < 1.29 is 42.1 Å². The van der Waals surface area contributed by atoms with E-state index in [4.69, 9.17) is 19.9 Å². The number of hydrogen-bond donors (Lipinski definition) is 0. The molecule has 0 amide bonds. The summed E-state index contributed by atoms with van der Waals surface area (Å²) in [4.78, 5) is 24.3. The van der Waals surface area contributed by atoms with Gasteiger partial charge >= 0.3 is 42.1 Å². The molecule has 0 saturated carbocycles. The number of fused-ring (bicyclic) bond motifs is 6. The number of benzene rings is 16. The van der Waals surface area contributed by atoms with Gasteiger partial charge in [-0.15, -0.1) is 107 Å². The molecule has 132 heavy (non-hydrogen) atoms. The van der Waals surface area contributed by atoms with Crippen molar-refractivity contribution in [1.82, 2.24) is 29.1 Å². The third-order valence-corrected chi connectivity index (χ3v) is 24.8. The zero-order valence-corrected chi connectivity index (χ0v) is 78.2. The minimum atomic E-state index is 0. The van der Waals surface area contributed by atoms with Gasteiger partial charge in [-0.25, -0.2) is 0 Å². The van der Waals surface area contributed by atoms with Gasteiger partial charge in [-0.05, 0) is 237 Å². The second-order valence-electron chi connectivity index (χ2n) is 33.3. The molecule has 6 aromatic heterocycles. The molecule has 636 valence electrons. The van der Waals surface area contributed by atoms with E-state index in [1.165, 1.54) is 65.9 Å². The Balaban J connectivity index is 0.000000168. The second kappa shape index (κ2) is 37.8. The quantitative estimate of drug-likeness (QED) is 0.0798. The third-order valence-electron chi connectivity index (χ3n) is 24.8. The molecule has 0 radical (unpaired) electrons. The SMILES string of the molecule is Cc1cnc(-c2[c-]c(N(c3[c-]c(-c4ccccn4)cc(-c4ccccc4)c3)c3c(C)cc(-n4c5ccccc5c5ccccc54)cc3C)ccc2)cc1-c1ccc(-c2ccccc2)cc1.Cc1cnc(-c2[c-]c(N(c3[c-]c(-c4ccccn4)ccc3)c3c(C)cc(-n4c5ccccc5c5ccccc54)cc3C)cc(-c3ccccc3)c2)cc1-c1ccc(-c2ccccc2)cc1.[Pt+2].[Pt+2]. The van der Waals surface area contributed by atoms with Crippen LogP contribution in [0.2, 0.25) is 0 Å². The van der Waals surface area contributed by atoms with Crippen molar-refractivity contribution in [3.05, 3.63) is 483 Å². The Bertz CT molecular complexity index is 7580. The van der Waals surface area contributed by atoms with Gasteiger partial charge in [0.2, 0.25) is 0 Å². The smallest absolute Gasteiger partial charge is 0.346 e. The summed E-state index contributed by atoms with van der Waals surface area (Å²) in [6.45, 7) is 13.1. The molecule has 6 heterocycles. The molecule has 22 rings (SSSR count). The van der Waals surface area contributed by atoms with Crippen LogP contribution in [-0.4, -0.2) is 29.1 Å². The van der Waals surface area contributed by atoms with E-state index in [-0.39, 0.29) is 42.1 Å². The number of hydrogen-bond acceptors (Lipinski definition) is 6. The van der Waals surface area contributed by atoms with Gasteiger partial charge in [0.1, 0.15) is 0 Å². The maximum Gasteiger partial charge on any atom is 2.00 e. The Morgan fingerprint density at radius 3 is 0.856 bits per heavy atom. The molecule has 0 fully saturated rings. The molecule has 10 heteroatoms. The summed E-state index contributed by atoms with van der Waals surface area (Å²) in [5.74, 6) is 0. The van der Waals surface area contributed by atoms with Crippen LogP contribution in [0.15, 0.2) is 425 Å². The summed E-state index contributed by atoms with van der Waals surface area (Å²) >= 11 is 0. The monoisotopic (exact) mass is 2050 g/mol. The molecule has 0 atom stereocenters. The molecule has 16 aromatic carbocycles. The Morgan fingerprint density at radius 1 is 0.212 bits per heavy atom. The van der Waals surface area contributed by atoms with Crippen LogP contribution in [0.4, 0.5) is 34.1 Å². The first-order chi connectivity index (χ1) is 63.9. The molecular weight excluding hydrogens is 1970 g/mol.